The van der Waals surface area contributed by atoms with Crippen LogP contribution in [0.5, 0.6) is 0 Å². The fourth-order valence-electron chi connectivity index (χ4n) is 5.35. The van der Waals surface area contributed by atoms with E-state index in [1.54, 1.807) is 20.8 Å². The van der Waals surface area contributed by atoms with Crippen molar-refractivity contribution in [1.82, 2.24) is 20.2 Å². The van der Waals surface area contributed by atoms with Crippen molar-refractivity contribution in [1.29, 1.82) is 0 Å². The summed E-state index contributed by atoms with van der Waals surface area (Å²) < 4.78 is 15.5. The fourth-order valence-corrected chi connectivity index (χ4v) is 5.35. The van der Waals surface area contributed by atoms with Crippen molar-refractivity contribution in [2.24, 2.45) is 5.41 Å². The van der Waals surface area contributed by atoms with Gasteiger partial charge in [0, 0.05) is 13.1 Å². The van der Waals surface area contributed by atoms with E-state index in [0.717, 1.165) is 10.5 Å². The second-order valence-electron chi connectivity index (χ2n) is 10.4. The van der Waals surface area contributed by atoms with Crippen LogP contribution in [0, 0.1) is 5.41 Å². The van der Waals surface area contributed by atoms with Gasteiger partial charge in [0.1, 0.15) is 18.8 Å². The van der Waals surface area contributed by atoms with Gasteiger partial charge in [-0.15, -0.1) is 0 Å². The average Bonchev–Trinajstić information content (AvgIpc) is 3.02. The third-order valence-electron chi connectivity index (χ3n) is 7.00. The Morgan fingerprint density at radius 1 is 1.18 bits per heavy atom. The minimum Gasteiger partial charge on any atom is -0.465 e. The van der Waals surface area contributed by atoms with Gasteiger partial charge in [-0.2, -0.15) is 5.06 Å². The third kappa shape index (κ3) is 4.68. The maximum absolute atomic E-state index is 15.5. The van der Waals surface area contributed by atoms with E-state index in [9.17, 15) is 19.5 Å². The largest absolute Gasteiger partial charge is 0.465 e. The molecular weight excluding hydrogens is 443 g/mol. The quantitative estimate of drug-likeness (QED) is 0.680. The number of halogens is 1. The van der Waals surface area contributed by atoms with Crippen molar-refractivity contribution in [2.45, 2.75) is 77.0 Å². The van der Waals surface area contributed by atoms with Gasteiger partial charge in [-0.1, -0.05) is 51.1 Å². The number of carbonyl (C=O) groups is 3. The van der Waals surface area contributed by atoms with E-state index in [-0.39, 0.29) is 31.6 Å². The lowest BCUT2D eigenvalue weighted by Crippen LogP contribution is -2.64. The molecule has 2 bridgehead atoms. The zero-order valence-corrected chi connectivity index (χ0v) is 19.8. The van der Waals surface area contributed by atoms with Crippen LogP contribution in [0.1, 0.15) is 45.6 Å². The van der Waals surface area contributed by atoms with Gasteiger partial charge >= 0.3 is 12.1 Å². The second kappa shape index (κ2) is 9.40. The Morgan fingerprint density at radius 2 is 1.88 bits per heavy atom. The van der Waals surface area contributed by atoms with Crippen LogP contribution < -0.4 is 5.32 Å². The number of amides is 4. The van der Waals surface area contributed by atoms with E-state index in [0.29, 0.717) is 19.4 Å². The molecule has 34 heavy (non-hydrogen) atoms. The van der Waals surface area contributed by atoms with Crippen LogP contribution in [0.3, 0.4) is 0 Å². The molecule has 3 heterocycles. The smallest absolute Gasteiger partial charge is 0.407 e. The Balaban J connectivity index is 1.39. The molecule has 5 atom stereocenters. The van der Waals surface area contributed by atoms with Gasteiger partial charge < -0.3 is 20.2 Å². The third-order valence-corrected chi connectivity index (χ3v) is 7.00. The van der Waals surface area contributed by atoms with Crippen molar-refractivity contribution >= 4 is 18.0 Å². The molecule has 0 aliphatic carbocycles. The molecule has 3 fully saturated rings. The van der Waals surface area contributed by atoms with Gasteiger partial charge in [0.15, 0.2) is 0 Å². The van der Waals surface area contributed by atoms with Crippen LogP contribution in [0.15, 0.2) is 30.3 Å². The number of carboxylic acid groups (broad SMARTS) is 1. The van der Waals surface area contributed by atoms with Crippen LogP contribution in [0.4, 0.5) is 14.0 Å². The minimum absolute atomic E-state index is 0.127. The number of carbonyl (C=O) groups excluding carboxylic acids is 2. The molecule has 10 heteroatoms. The minimum atomic E-state index is -1.55. The van der Waals surface area contributed by atoms with E-state index in [2.05, 4.69) is 5.32 Å². The first-order chi connectivity index (χ1) is 16.1. The molecule has 3 aliphatic heterocycles. The number of urea groups is 1. The van der Waals surface area contributed by atoms with E-state index >= 15 is 4.39 Å². The van der Waals surface area contributed by atoms with Gasteiger partial charge in [0.25, 0.3) is 0 Å². The van der Waals surface area contributed by atoms with Crippen molar-refractivity contribution in [2.75, 3.05) is 13.1 Å². The highest BCUT2D eigenvalue weighted by molar-refractivity contribution is 5.88. The predicted molar refractivity (Wildman–Crippen MR) is 121 cm³/mol. The molecule has 3 aliphatic rings. The monoisotopic (exact) mass is 476 g/mol. The molecule has 0 spiro atoms. The van der Waals surface area contributed by atoms with E-state index in [4.69, 9.17) is 4.84 Å². The zero-order valence-electron chi connectivity index (χ0n) is 19.8. The van der Waals surface area contributed by atoms with Gasteiger partial charge in [-0.25, -0.2) is 14.0 Å². The summed E-state index contributed by atoms with van der Waals surface area (Å²) in [5.41, 5.74) is 0.303. The van der Waals surface area contributed by atoms with Gasteiger partial charge in [0.2, 0.25) is 5.91 Å². The maximum Gasteiger partial charge on any atom is 0.407 e. The normalized spacial score (nSPS) is 29.4. The Hall–Kier alpha value is -2.88. The lowest BCUT2D eigenvalue weighted by Gasteiger charge is -2.47. The summed E-state index contributed by atoms with van der Waals surface area (Å²) in [6.45, 7) is 6.15. The highest BCUT2D eigenvalue weighted by atomic mass is 19.1. The summed E-state index contributed by atoms with van der Waals surface area (Å²) >= 11 is 0. The van der Waals surface area contributed by atoms with Crippen molar-refractivity contribution in [3.05, 3.63) is 35.9 Å². The maximum atomic E-state index is 15.5. The van der Waals surface area contributed by atoms with Crippen molar-refractivity contribution in [3.8, 4) is 0 Å². The van der Waals surface area contributed by atoms with E-state index in [1.165, 1.54) is 9.96 Å². The summed E-state index contributed by atoms with van der Waals surface area (Å²) in [6.07, 6.45) is -1.47. The summed E-state index contributed by atoms with van der Waals surface area (Å²) in [5, 5.41) is 13.7. The van der Waals surface area contributed by atoms with Crippen LogP contribution >= 0.6 is 0 Å². The summed E-state index contributed by atoms with van der Waals surface area (Å²) in [7, 11) is 0. The molecule has 0 saturated carbocycles. The number of likely N-dealkylation sites (tertiary alicyclic amines) is 1. The first-order valence-electron chi connectivity index (χ1n) is 11.8. The summed E-state index contributed by atoms with van der Waals surface area (Å²) in [4.78, 5) is 46.2. The van der Waals surface area contributed by atoms with Crippen molar-refractivity contribution < 1.29 is 28.7 Å². The fraction of sp³-hybridized carbons (Fsp3) is 0.625. The highest BCUT2D eigenvalue weighted by Gasteiger charge is 2.50. The number of fused-ring (bicyclic) bond motifs is 2. The first kappa shape index (κ1) is 24.3. The number of piperidine rings is 2. The Morgan fingerprint density at radius 3 is 2.53 bits per heavy atom. The lowest BCUT2D eigenvalue weighted by atomic mass is 9.78. The number of hydrogen-bond acceptors (Lipinski definition) is 4. The lowest BCUT2D eigenvalue weighted by molar-refractivity contribution is -0.140. The Labute approximate surface area is 198 Å². The van der Waals surface area contributed by atoms with Gasteiger partial charge in [-0.3, -0.25) is 9.63 Å². The summed E-state index contributed by atoms with van der Waals surface area (Å²) in [5.74, 6) is -0.402. The standard InChI is InChI=1S/C24H33FN4O5/c1-24(2,3)20-19(25)17(11-12-27(20)23(32)33)26-21(30)18-10-9-16-13-28(18)22(31)29(16)34-14-15-7-5-4-6-8-15/h4-8,16-20H,9-14H2,1-3H3,(H,26,30)(H,32,33)/t16-,17+,18+,19-,20?/m1/s1. The molecule has 9 nitrogen and oxygen atoms in total. The SMILES string of the molecule is CC(C)(C)C1[C@H](F)[C@@H](NC(=O)[C@@H]2CC[C@@H]3CN2C(=O)N3OCc2ccccc2)CCN1C(=O)O. The molecule has 0 radical (unpaired) electrons. The number of nitrogens with zero attached hydrogens (tertiary/aromatic N) is 3. The number of nitrogens with one attached hydrogen (secondary N) is 1. The van der Waals surface area contributed by atoms with E-state index in [1.807, 2.05) is 30.3 Å². The number of benzene rings is 1. The van der Waals surface area contributed by atoms with Gasteiger partial charge in [0.05, 0.1) is 18.1 Å². The van der Waals surface area contributed by atoms with E-state index < -0.39 is 41.7 Å². The topological polar surface area (TPSA) is 102 Å². The number of alkyl halides is 1. The first-order valence-corrected chi connectivity index (χ1v) is 11.8. The molecule has 4 rings (SSSR count). The Kier molecular flexibility index (Phi) is 6.71. The van der Waals surface area contributed by atoms with Crippen molar-refractivity contribution in [3.63, 3.8) is 0 Å². The molecule has 1 aromatic rings. The molecule has 186 valence electrons. The average molecular weight is 477 g/mol. The van der Waals surface area contributed by atoms with Crippen LogP contribution in [0.2, 0.25) is 0 Å². The molecule has 1 unspecified atom stereocenters. The zero-order chi connectivity index (χ0) is 24.6. The molecule has 4 amide bonds. The molecule has 0 aromatic heterocycles. The van der Waals surface area contributed by atoms with Gasteiger partial charge in [-0.05, 0) is 30.2 Å². The highest BCUT2D eigenvalue weighted by Crippen LogP contribution is 2.35. The molecule has 1 aromatic carbocycles. The predicted octanol–water partition coefficient (Wildman–Crippen LogP) is 3.01. The number of rotatable bonds is 5. The second-order valence-corrected chi connectivity index (χ2v) is 10.4. The molecular formula is C24H33FN4O5. The van der Waals surface area contributed by atoms with Crippen LogP contribution in [-0.2, 0) is 16.2 Å². The summed E-state index contributed by atoms with van der Waals surface area (Å²) in [6, 6.07) is 6.65. The van der Waals surface area contributed by atoms with Crippen LogP contribution in [0.25, 0.3) is 0 Å². The van der Waals surface area contributed by atoms with Crippen LogP contribution in [-0.4, -0.2) is 81.4 Å². The number of hydroxylamine groups is 2. The molecule has 3 saturated heterocycles. The number of hydrogen-bond donors (Lipinski definition) is 2. The Bertz CT molecular complexity index is 924. The molecule has 2 N–H and O–H groups in total.